The number of nitrogens with zero attached hydrogens (tertiary/aromatic N) is 1. The van der Waals surface area contributed by atoms with Crippen LogP contribution in [0.1, 0.15) is 41.5 Å². The summed E-state index contributed by atoms with van der Waals surface area (Å²) in [5.41, 5.74) is 2.84. The van der Waals surface area contributed by atoms with Crippen molar-refractivity contribution < 1.29 is 19.4 Å². The molecule has 1 aliphatic rings. The van der Waals surface area contributed by atoms with Crippen molar-refractivity contribution in [2.24, 2.45) is 5.92 Å². The molecular weight excluding hydrogens is 470 g/mol. The van der Waals surface area contributed by atoms with Crippen molar-refractivity contribution in [2.75, 3.05) is 11.5 Å². The van der Waals surface area contributed by atoms with Gasteiger partial charge in [0.25, 0.3) is 11.7 Å². The third kappa shape index (κ3) is 4.48. The third-order valence-corrected chi connectivity index (χ3v) is 7.04. The molecule has 1 amide bonds. The van der Waals surface area contributed by atoms with Crippen LogP contribution < -0.4 is 9.64 Å². The molecule has 1 aromatic heterocycles. The van der Waals surface area contributed by atoms with Crippen LogP contribution in [0.25, 0.3) is 5.76 Å². The van der Waals surface area contributed by atoms with Gasteiger partial charge in [-0.15, -0.1) is 11.3 Å². The number of carbonyl (C=O) groups excluding carboxylic acids is 2. The van der Waals surface area contributed by atoms with Crippen molar-refractivity contribution >= 4 is 46.1 Å². The lowest BCUT2D eigenvalue weighted by Crippen LogP contribution is -2.29. The number of hydrogen-bond donors (Lipinski definition) is 1. The van der Waals surface area contributed by atoms with E-state index in [1.807, 2.05) is 25.3 Å². The molecule has 1 unspecified atom stereocenters. The normalized spacial score (nSPS) is 17.6. The Kier molecular flexibility index (Phi) is 6.82. The minimum Gasteiger partial charge on any atom is -0.507 e. The average molecular weight is 496 g/mol. The van der Waals surface area contributed by atoms with E-state index in [-0.39, 0.29) is 11.3 Å². The number of ketones is 1. The fraction of sp³-hybridized carbons (Fsp3) is 0.259. The molecule has 7 heteroatoms. The first-order valence-corrected chi connectivity index (χ1v) is 12.3. The molecule has 0 bridgehead atoms. The van der Waals surface area contributed by atoms with E-state index in [1.165, 1.54) is 16.2 Å². The summed E-state index contributed by atoms with van der Waals surface area (Å²) in [5.74, 6) is -0.507. The lowest BCUT2D eigenvalue weighted by Gasteiger charge is -2.25. The van der Waals surface area contributed by atoms with Gasteiger partial charge in [-0.25, -0.2) is 0 Å². The highest BCUT2D eigenvalue weighted by Crippen LogP contribution is 2.45. The molecule has 0 saturated carbocycles. The monoisotopic (exact) mass is 495 g/mol. The molecule has 0 aliphatic carbocycles. The van der Waals surface area contributed by atoms with Gasteiger partial charge in [-0.05, 0) is 84.8 Å². The first-order chi connectivity index (χ1) is 16.2. The Morgan fingerprint density at radius 2 is 1.79 bits per heavy atom. The number of ether oxygens (including phenoxy) is 1. The average Bonchev–Trinajstić information content (AvgIpc) is 3.33. The Morgan fingerprint density at radius 1 is 1.09 bits per heavy atom. The minimum absolute atomic E-state index is 0.0701. The van der Waals surface area contributed by atoms with Crippen molar-refractivity contribution in [3.8, 4) is 5.75 Å². The van der Waals surface area contributed by atoms with E-state index in [1.54, 1.807) is 42.5 Å². The van der Waals surface area contributed by atoms with Crippen LogP contribution in [0.4, 0.5) is 5.69 Å². The zero-order valence-electron chi connectivity index (χ0n) is 19.5. The quantitative estimate of drug-likeness (QED) is 0.235. The maximum absolute atomic E-state index is 13.3. The number of hydrogen-bond acceptors (Lipinski definition) is 5. The molecule has 1 aliphatic heterocycles. The van der Waals surface area contributed by atoms with E-state index < -0.39 is 17.7 Å². The smallest absolute Gasteiger partial charge is 0.300 e. The van der Waals surface area contributed by atoms with Crippen LogP contribution >= 0.6 is 22.9 Å². The number of Topliss-reactive ketones (excluding diaryl/α,β-unsaturated/α-hetero) is 1. The van der Waals surface area contributed by atoms with Gasteiger partial charge in [-0.3, -0.25) is 14.5 Å². The number of amides is 1. The van der Waals surface area contributed by atoms with Crippen LogP contribution in [-0.2, 0) is 9.59 Å². The van der Waals surface area contributed by atoms with E-state index in [9.17, 15) is 14.7 Å². The second kappa shape index (κ2) is 9.65. The zero-order valence-corrected chi connectivity index (χ0v) is 21.0. The lowest BCUT2D eigenvalue weighted by atomic mass is 9.97. The van der Waals surface area contributed by atoms with Crippen molar-refractivity contribution in [1.82, 2.24) is 0 Å². The van der Waals surface area contributed by atoms with Crippen LogP contribution in [0, 0.1) is 19.8 Å². The van der Waals surface area contributed by atoms with E-state index in [4.69, 9.17) is 16.3 Å². The number of carbonyl (C=O) groups is 2. The standard InChI is InChI=1S/C27H26ClNO4S/c1-15(2)14-33-21-10-5-18(13-17(21)4)24(30)22-23(26-16(3)11-12-34-26)29(27(32)25(22)31)20-8-6-19(28)7-9-20/h5-13,15,23,30H,14H2,1-4H3/b24-22-. The fourth-order valence-corrected chi connectivity index (χ4v) is 5.13. The molecule has 1 atom stereocenters. The highest BCUT2D eigenvalue weighted by Gasteiger charge is 2.47. The summed E-state index contributed by atoms with van der Waals surface area (Å²) in [5, 5.41) is 13.8. The van der Waals surface area contributed by atoms with E-state index >= 15 is 0 Å². The number of anilines is 1. The summed E-state index contributed by atoms with van der Waals surface area (Å²) in [6.45, 7) is 8.54. The highest BCUT2D eigenvalue weighted by molar-refractivity contribution is 7.10. The second-order valence-electron chi connectivity index (χ2n) is 8.80. The predicted molar refractivity (Wildman–Crippen MR) is 137 cm³/mol. The van der Waals surface area contributed by atoms with Crippen molar-refractivity contribution in [1.29, 1.82) is 0 Å². The van der Waals surface area contributed by atoms with Gasteiger partial charge in [-0.1, -0.05) is 25.4 Å². The summed E-state index contributed by atoms with van der Waals surface area (Å²) in [6.07, 6.45) is 0. The molecule has 2 heterocycles. The van der Waals surface area contributed by atoms with Gasteiger partial charge in [0.05, 0.1) is 12.2 Å². The van der Waals surface area contributed by atoms with E-state index in [2.05, 4.69) is 13.8 Å². The molecule has 1 fully saturated rings. The third-order valence-electron chi connectivity index (χ3n) is 5.72. The number of aliphatic hydroxyl groups excluding tert-OH is 1. The summed E-state index contributed by atoms with van der Waals surface area (Å²) in [6, 6.07) is 13.2. The van der Waals surface area contributed by atoms with Crippen molar-refractivity contribution in [3.05, 3.63) is 86.1 Å². The molecule has 5 nitrogen and oxygen atoms in total. The van der Waals surface area contributed by atoms with Gasteiger partial charge in [0.2, 0.25) is 0 Å². The molecule has 176 valence electrons. The van der Waals surface area contributed by atoms with Gasteiger partial charge in [0, 0.05) is 21.2 Å². The van der Waals surface area contributed by atoms with E-state index in [0.717, 1.165) is 21.8 Å². The number of aliphatic hydroxyl groups is 1. The van der Waals surface area contributed by atoms with E-state index in [0.29, 0.717) is 28.8 Å². The molecule has 34 heavy (non-hydrogen) atoms. The number of benzene rings is 2. The Hall–Kier alpha value is -3.09. The summed E-state index contributed by atoms with van der Waals surface area (Å²) in [4.78, 5) is 28.7. The number of rotatable bonds is 6. The molecule has 4 rings (SSSR count). The molecular formula is C27H26ClNO4S. The Morgan fingerprint density at radius 3 is 2.38 bits per heavy atom. The van der Waals surface area contributed by atoms with Crippen molar-refractivity contribution in [3.63, 3.8) is 0 Å². The largest absolute Gasteiger partial charge is 0.507 e. The minimum atomic E-state index is -0.738. The number of halogens is 1. The fourth-order valence-electron chi connectivity index (χ4n) is 3.98. The van der Waals surface area contributed by atoms with Gasteiger partial charge in [0.1, 0.15) is 17.6 Å². The highest BCUT2D eigenvalue weighted by atomic mass is 35.5. The van der Waals surface area contributed by atoms with Crippen LogP contribution in [0.3, 0.4) is 0 Å². The second-order valence-corrected chi connectivity index (χ2v) is 10.2. The molecule has 0 radical (unpaired) electrons. The molecule has 1 N–H and O–H groups in total. The lowest BCUT2D eigenvalue weighted by molar-refractivity contribution is -0.132. The summed E-state index contributed by atoms with van der Waals surface area (Å²) < 4.78 is 5.84. The van der Waals surface area contributed by atoms with Gasteiger partial charge < -0.3 is 9.84 Å². The first-order valence-electron chi connectivity index (χ1n) is 11.0. The Balaban J connectivity index is 1.84. The topological polar surface area (TPSA) is 66.8 Å². The Labute approximate surface area is 208 Å². The SMILES string of the molecule is Cc1cc(/C(O)=C2/C(=O)C(=O)N(c3ccc(Cl)cc3)C2c2sccc2C)ccc1OCC(C)C. The molecule has 2 aromatic carbocycles. The summed E-state index contributed by atoms with van der Waals surface area (Å²) in [7, 11) is 0. The zero-order chi connectivity index (χ0) is 24.6. The van der Waals surface area contributed by atoms with Crippen LogP contribution in [-0.4, -0.2) is 23.4 Å². The van der Waals surface area contributed by atoms with Gasteiger partial charge in [-0.2, -0.15) is 0 Å². The van der Waals surface area contributed by atoms with Gasteiger partial charge in [0.15, 0.2) is 0 Å². The predicted octanol–water partition coefficient (Wildman–Crippen LogP) is 6.68. The van der Waals surface area contributed by atoms with Crippen LogP contribution in [0.2, 0.25) is 5.02 Å². The summed E-state index contributed by atoms with van der Waals surface area (Å²) >= 11 is 7.49. The Bertz CT molecular complexity index is 1280. The van der Waals surface area contributed by atoms with Crippen LogP contribution in [0.5, 0.6) is 5.75 Å². The molecule has 1 saturated heterocycles. The molecule has 0 spiro atoms. The number of aryl methyl sites for hydroxylation is 2. The van der Waals surface area contributed by atoms with Gasteiger partial charge >= 0.3 is 0 Å². The maximum Gasteiger partial charge on any atom is 0.300 e. The number of thiophene rings is 1. The van der Waals surface area contributed by atoms with Crippen LogP contribution in [0.15, 0.2) is 59.5 Å². The van der Waals surface area contributed by atoms with Crippen molar-refractivity contribution in [2.45, 2.75) is 33.7 Å². The molecule has 3 aromatic rings. The first kappa shape index (κ1) is 24.0. The maximum atomic E-state index is 13.3.